The predicted molar refractivity (Wildman–Crippen MR) is 88.0 cm³/mol. The van der Waals surface area contributed by atoms with Gasteiger partial charge in [0, 0.05) is 17.6 Å². The Bertz CT molecular complexity index is 794. The molecule has 5 heteroatoms. The SMILES string of the molecule is Cc1cccc(CCNC(=O)Nc2ccc3cn[nH]c3c2)c1. The molecule has 112 valence electrons. The van der Waals surface area contributed by atoms with Gasteiger partial charge in [-0.05, 0) is 37.1 Å². The first-order valence-electron chi connectivity index (χ1n) is 7.24. The molecule has 3 aromatic rings. The second-order valence-corrected chi connectivity index (χ2v) is 5.29. The van der Waals surface area contributed by atoms with Crippen molar-refractivity contribution in [2.45, 2.75) is 13.3 Å². The van der Waals surface area contributed by atoms with E-state index in [0.717, 1.165) is 23.0 Å². The van der Waals surface area contributed by atoms with Gasteiger partial charge in [-0.2, -0.15) is 5.10 Å². The zero-order chi connectivity index (χ0) is 15.4. The van der Waals surface area contributed by atoms with Crippen molar-refractivity contribution in [2.75, 3.05) is 11.9 Å². The van der Waals surface area contributed by atoms with Crippen LogP contribution in [0.2, 0.25) is 0 Å². The molecule has 3 N–H and O–H groups in total. The molecule has 3 rings (SSSR count). The van der Waals surface area contributed by atoms with Gasteiger partial charge in [0.25, 0.3) is 0 Å². The average Bonchev–Trinajstić information content (AvgIpc) is 2.95. The summed E-state index contributed by atoms with van der Waals surface area (Å²) in [5, 5.41) is 13.5. The highest BCUT2D eigenvalue weighted by Gasteiger charge is 2.03. The number of aromatic nitrogens is 2. The quantitative estimate of drug-likeness (QED) is 0.691. The molecule has 0 bridgehead atoms. The Morgan fingerprint density at radius 1 is 1.23 bits per heavy atom. The Kier molecular flexibility index (Phi) is 4.05. The van der Waals surface area contributed by atoms with Gasteiger partial charge < -0.3 is 10.6 Å². The van der Waals surface area contributed by atoms with Crippen LogP contribution >= 0.6 is 0 Å². The summed E-state index contributed by atoms with van der Waals surface area (Å²) in [6, 6.07) is 13.7. The van der Waals surface area contributed by atoms with Crippen molar-refractivity contribution in [1.82, 2.24) is 15.5 Å². The molecule has 0 unspecified atom stereocenters. The number of hydrogen-bond donors (Lipinski definition) is 3. The molecule has 0 saturated heterocycles. The fourth-order valence-corrected chi connectivity index (χ4v) is 2.38. The number of benzene rings is 2. The summed E-state index contributed by atoms with van der Waals surface area (Å²) in [6.07, 6.45) is 2.57. The Morgan fingerprint density at radius 3 is 3.00 bits per heavy atom. The van der Waals surface area contributed by atoms with E-state index in [1.54, 1.807) is 6.20 Å². The number of nitrogens with one attached hydrogen (secondary N) is 3. The van der Waals surface area contributed by atoms with Gasteiger partial charge in [-0.1, -0.05) is 29.8 Å². The van der Waals surface area contributed by atoms with E-state index in [9.17, 15) is 4.79 Å². The molecule has 1 heterocycles. The van der Waals surface area contributed by atoms with Crippen LogP contribution < -0.4 is 10.6 Å². The molecule has 5 nitrogen and oxygen atoms in total. The number of aryl methyl sites for hydroxylation is 1. The van der Waals surface area contributed by atoms with E-state index in [-0.39, 0.29) is 6.03 Å². The van der Waals surface area contributed by atoms with Gasteiger partial charge in [0.05, 0.1) is 11.7 Å². The molecule has 0 fully saturated rings. The highest BCUT2D eigenvalue weighted by Crippen LogP contribution is 2.16. The van der Waals surface area contributed by atoms with Crippen LogP contribution in [0.3, 0.4) is 0 Å². The molecule has 0 aliphatic heterocycles. The highest BCUT2D eigenvalue weighted by atomic mass is 16.2. The molecule has 22 heavy (non-hydrogen) atoms. The van der Waals surface area contributed by atoms with Crippen LogP contribution in [-0.2, 0) is 6.42 Å². The second-order valence-electron chi connectivity index (χ2n) is 5.29. The van der Waals surface area contributed by atoms with Crippen LogP contribution in [0.4, 0.5) is 10.5 Å². The molecule has 2 aromatic carbocycles. The number of nitrogens with zero attached hydrogens (tertiary/aromatic N) is 1. The molecule has 0 radical (unpaired) electrons. The molecule has 2 amide bonds. The normalized spacial score (nSPS) is 10.6. The van der Waals surface area contributed by atoms with Crippen molar-refractivity contribution >= 4 is 22.6 Å². The number of carbonyl (C=O) groups excluding carboxylic acids is 1. The number of urea groups is 1. The molecule has 0 saturated carbocycles. The van der Waals surface area contributed by atoms with Crippen LogP contribution in [0, 0.1) is 6.92 Å². The molecule has 0 aliphatic carbocycles. The molecular formula is C17H18N4O. The van der Waals surface area contributed by atoms with E-state index in [2.05, 4.69) is 46.0 Å². The van der Waals surface area contributed by atoms with Crippen molar-refractivity contribution in [3.05, 3.63) is 59.8 Å². The molecule has 0 spiro atoms. The van der Waals surface area contributed by atoms with E-state index < -0.39 is 0 Å². The number of anilines is 1. The lowest BCUT2D eigenvalue weighted by Crippen LogP contribution is -2.30. The number of rotatable bonds is 4. The fraction of sp³-hybridized carbons (Fsp3) is 0.176. The van der Waals surface area contributed by atoms with E-state index in [0.29, 0.717) is 6.54 Å². The van der Waals surface area contributed by atoms with Gasteiger partial charge in [-0.25, -0.2) is 4.79 Å². The average molecular weight is 294 g/mol. The van der Waals surface area contributed by atoms with Gasteiger partial charge in [0.2, 0.25) is 0 Å². The fourth-order valence-electron chi connectivity index (χ4n) is 2.38. The Morgan fingerprint density at radius 2 is 2.14 bits per heavy atom. The van der Waals surface area contributed by atoms with Crippen molar-refractivity contribution in [1.29, 1.82) is 0 Å². The zero-order valence-electron chi connectivity index (χ0n) is 12.4. The predicted octanol–water partition coefficient (Wildman–Crippen LogP) is 3.24. The minimum absolute atomic E-state index is 0.202. The lowest BCUT2D eigenvalue weighted by Gasteiger charge is -2.08. The minimum Gasteiger partial charge on any atom is -0.338 e. The number of amides is 2. The van der Waals surface area contributed by atoms with Gasteiger partial charge in [-0.15, -0.1) is 0 Å². The highest BCUT2D eigenvalue weighted by molar-refractivity contribution is 5.92. The first-order valence-corrected chi connectivity index (χ1v) is 7.24. The number of hydrogen-bond acceptors (Lipinski definition) is 2. The Labute approximate surface area is 128 Å². The number of aromatic amines is 1. The van der Waals surface area contributed by atoms with Crippen molar-refractivity contribution in [3.63, 3.8) is 0 Å². The van der Waals surface area contributed by atoms with Crippen LogP contribution in [0.1, 0.15) is 11.1 Å². The lowest BCUT2D eigenvalue weighted by molar-refractivity contribution is 0.252. The summed E-state index contributed by atoms with van der Waals surface area (Å²) in [5.41, 5.74) is 4.09. The molecule has 0 aliphatic rings. The maximum absolute atomic E-state index is 11.9. The second kappa shape index (κ2) is 6.30. The van der Waals surface area contributed by atoms with E-state index in [1.807, 2.05) is 24.3 Å². The third-order valence-corrected chi connectivity index (χ3v) is 3.48. The number of fused-ring (bicyclic) bond motifs is 1. The summed E-state index contributed by atoms with van der Waals surface area (Å²) < 4.78 is 0. The first-order chi connectivity index (χ1) is 10.7. The van der Waals surface area contributed by atoms with Crippen LogP contribution in [0.5, 0.6) is 0 Å². The third kappa shape index (κ3) is 3.44. The first kappa shape index (κ1) is 14.1. The largest absolute Gasteiger partial charge is 0.338 e. The Hall–Kier alpha value is -2.82. The van der Waals surface area contributed by atoms with Crippen molar-refractivity contribution in [3.8, 4) is 0 Å². The topological polar surface area (TPSA) is 69.8 Å². The van der Waals surface area contributed by atoms with Crippen LogP contribution in [-0.4, -0.2) is 22.8 Å². The monoisotopic (exact) mass is 294 g/mol. The number of carbonyl (C=O) groups is 1. The van der Waals surface area contributed by atoms with Gasteiger partial charge in [0.1, 0.15) is 0 Å². The van der Waals surface area contributed by atoms with Gasteiger partial charge in [0.15, 0.2) is 0 Å². The van der Waals surface area contributed by atoms with Gasteiger partial charge in [-0.3, -0.25) is 5.10 Å². The third-order valence-electron chi connectivity index (χ3n) is 3.48. The summed E-state index contributed by atoms with van der Waals surface area (Å²) in [7, 11) is 0. The maximum Gasteiger partial charge on any atom is 0.319 e. The van der Waals surface area contributed by atoms with Crippen molar-refractivity contribution in [2.24, 2.45) is 0 Å². The molecule has 1 aromatic heterocycles. The van der Waals surface area contributed by atoms with E-state index in [1.165, 1.54) is 11.1 Å². The maximum atomic E-state index is 11.9. The summed E-state index contributed by atoms with van der Waals surface area (Å²) in [4.78, 5) is 11.9. The summed E-state index contributed by atoms with van der Waals surface area (Å²) in [6.45, 7) is 2.66. The molecule has 0 atom stereocenters. The van der Waals surface area contributed by atoms with Crippen molar-refractivity contribution < 1.29 is 4.79 Å². The summed E-state index contributed by atoms with van der Waals surface area (Å²) in [5.74, 6) is 0. The van der Waals surface area contributed by atoms with Gasteiger partial charge >= 0.3 is 6.03 Å². The van der Waals surface area contributed by atoms with E-state index in [4.69, 9.17) is 0 Å². The molecular weight excluding hydrogens is 276 g/mol. The zero-order valence-corrected chi connectivity index (χ0v) is 12.4. The smallest absolute Gasteiger partial charge is 0.319 e. The summed E-state index contributed by atoms with van der Waals surface area (Å²) >= 11 is 0. The standard InChI is InChI=1S/C17H18N4O/c1-12-3-2-4-13(9-12)7-8-18-17(22)20-15-6-5-14-11-19-21-16(14)10-15/h2-6,9-11H,7-8H2,1H3,(H,19,21)(H2,18,20,22). The minimum atomic E-state index is -0.202. The van der Waals surface area contributed by atoms with Crippen LogP contribution in [0.15, 0.2) is 48.7 Å². The lowest BCUT2D eigenvalue weighted by atomic mass is 10.1. The Balaban J connectivity index is 1.51. The van der Waals surface area contributed by atoms with E-state index >= 15 is 0 Å². The van der Waals surface area contributed by atoms with Crippen LogP contribution in [0.25, 0.3) is 10.9 Å². The number of H-pyrrole nitrogens is 1.